The molecule has 1 fully saturated rings. The highest BCUT2D eigenvalue weighted by atomic mass is 16.7. The highest BCUT2D eigenvalue weighted by Gasteiger charge is 2.61. The van der Waals surface area contributed by atoms with Gasteiger partial charge in [-0.2, -0.15) is 0 Å². The summed E-state index contributed by atoms with van der Waals surface area (Å²) in [6, 6.07) is 0. The largest absolute Gasteiger partial charge is 0.425 e. The van der Waals surface area contributed by atoms with Gasteiger partial charge >= 0.3 is 5.97 Å². The lowest BCUT2D eigenvalue weighted by atomic mass is 9.86. The molecule has 1 saturated heterocycles. The summed E-state index contributed by atoms with van der Waals surface area (Å²) < 4.78 is 10.6. The van der Waals surface area contributed by atoms with Crippen LogP contribution in [0.2, 0.25) is 0 Å². The van der Waals surface area contributed by atoms with Crippen molar-refractivity contribution in [3.05, 3.63) is 22.8 Å². The van der Waals surface area contributed by atoms with Gasteiger partial charge in [0.2, 0.25) is 5.79 Å². The maximum Gasteiger partial charge on any atom is 0.337 e. The Labute approximate surface area is 117 Å². The molecule has 3 aliphatic rings. The Morgan fingerprint density at radius 2 is 2.05 bits per heavy atom. The molecular weight excluding hydrogens is 260 g/mol. The lowest BCUT2D eigenvalue weighted by Gasteiger charge is -2.25. The Bertz CT molecular complexity index is 573. The average molecular weight is 278 g/mol. The SMILES string of the molecule is CC1=C2C(=O)[C@@H]3O[C@@]3(C)CC/C=C(\C)C[C@@]2(O)OC1=O. The number of carbonyl (C=O) groups is 2. The molecule has 0 unspecified atom stereocenters. The molecule has 0 aromatic carbocycles. The number of carbonyl (C=O) groups excluding carboxylic acids is 2. The number of hydrogen-bond donors (Lipinski definition) is 1. The van der Waals surface area contributed by atoms with Gasteiger partial charge in [0, 0.05) is 12.0 Å². The van der Waals surface area contributed by atoms with E-state index in [2.05, 4.69) is 0 Å². The van der Waals surface area contributed by atoms with Crippen LogP contribution in [0, 0.1) is 0 Å². The molecule has 3 atom stereocenters. The molecule has 2 aliphatic heterocycles. The molecular formula is C15H18O5. The van der Waals surface area contributed by atoms with E-state index in [-0.39, 0.29) is 23.4 Å². The van der Waals surface area contributed by atoms with Crippen molar-refractivity contribution in [3.8, 4) is 0 Å². The van der Waals surface area contributed by atoms with Crippen molar-refractivity contribution in [2.75, 3.05) is 0 Å². The van der Waals surface area contributed by atoms with E-state index in [0.717, 1.165) is 18.4 Å². The predicted octanol–water partition coefficient (Wildman–Crippen LogP) is 1.41. The van der Waals surface area contributed by atoms with Crippen LogP contribution in [0.25, 0.3) is 0 Å². The van der Waals surface area contributed by atoms with Crippen LogP contribution in [0.15, 0.2) is 22.8 Å². The molecule has 0 aromatic heterocycles. The molecule has 5 nitrogen and oxygen atoms in total. The highest BCUT2D eigenvalue weighted by molar-refractivity contribution is 6.11. The molecule has 2 heterocycles. The number of esters is 1. The number of ether oxygens (including phenoxy) is 2. The third kappa shape index (κ3) is 1.84. The van der Waals surface area contributed by atoms with Crippen molar-refractivity contribution in [3.63, 3.8) is 0 Å². The molecule has 20 heavy (non-hydrogen) atoms. The van der Waals surface area contributed by atoms with Crippen LogP contribution >= 0.6 is 0 Å². The summed E-state index contributed by atoms with van der Waals surface area (Å²) in [6.45, 7) is 5.25. The standard InChI is InChI=1S/C15H18O5/c1-8-5-4-6-14(3)12(19-14)11(16)10-9(2)13(17)20-15(10,18)7-8/h5,12,18H,4,6-7H2,1-3H3/b8-5+/t12-,14-,15+/m0/s1. The molecule has 0 aromatic rings. The van der Waals surface area contributed by atoms with Crippen LogP contribution in [0.3, 0.4) is 0 Å². The maximum absolute atomic E-state index is 12.6. The Morgan fingerprint density at radius 3 is 2.75 bits per heavy atom. The van der Waals surface area contributed by atoms with Crippen molar-refractivity contribution < 1.29 is 24.2 Å². The molecule has 1 N–H and O–H groups in total. The minimum atomic E-state index is -1.84. The van der Waals surface area contributed by atoms with E-state index in [1.165, 1.54) is 6.92 Å². The van der Waals surface area contributed by atoms with E-state index in [1.54, 1.807) is 0 Å². The van der Waals surface area contributed by atoms with Crippen LogP contribution in [0.5, 0.6) is 0 Å². The number of hydrogen-bond acceptors (Lipinski definition) is 5. The molecule has 0 spiro atoms. The van der Waals surface area contributed by atoms with E-state index in [1.807, 2.05) is 19.9 Å². The first-order chi connectivity index (χ1) is 9.27. The molecule has 0 amide bonds. The number of allylic oxidation sites excluding steroid dienone is 1. The summed E-state index contributed by atoms with van der Waals surface area (Å²) in [7, 11) is 0. The van der Waals surface area contributed by atoms with Gasteiger partial charge < -0.3 is 14.6 Å². The molecule has 0 saturated carbocycles. The van der Waals surface area contributed by atoms with E-state index in [0.29, 0.717) is 0 Å². The number of rotatable bonds is 0. The fourth-order valence-corrected chi connectivity index (χ4v) is 3.12. The van der Waals surface area contributed by atoms with Crippen molar-refractivity contribution in [1.82, 2.24) is 0 Å². The second-order valence-electron chi connectivity index (χ2n) is 6.11. The molecule has 0 radical (unpaired) electrons. The topological polar surface area (TPSA) is 76.1 Å². The molecule has 108 valence electrons. The van der Waals surface area contributed by atoms with Crippen LogP contribution < -0.4 is 0 Å². The Kier molecular flexibility index (Phi) is 2.72. The minimum absolute atomic E-state index is 0.0610. The van der Waals surface area contributed by atoms with Gasteiger partial charge in [0.05, 0.1) is 5.57 Å². The van der Waals surface area contributed by atoms with Gasteiger partial charge in [0.25, 0.3) is 0 Å². The molecule has 1 aliphatic carbocycles. The number of fused-ring (bicyclic) bond motifs is 2. The fourth-order valence-electron chi connectivity index (χ4n) is 3.12. The van der Waals surface area contributed by atoms with Crippen LogP contribution in [0.4, 0.5) is 0 Å². The molecule has 5 heteroatoms. The molecule has 0 bridgehead atoms. The fraction of sp³-hybridized carbons (Fsp3) is 0.600. The van der Waals surface area contributed by atoms with Crippen LogP contribution in [-0.2, 0) is 19.1 Å². The van der Waals surface area contributed by atoms with Crippen LogP contribution in [-0.4, -0.2) is 34.4 Å². The van der Waals surface area contributed by atoms with E-state index < -0.39 is 23.5 Å². The predicted molar refractivity (Wildman–Crippen MR) is 69.6 cm³/mol. The van der Waals surface area contributed by atoms with Gasteiger partial charge in [-0.15, -0.1) is 0 Å². The minimum Gasteiger partial charge on any atom is -0.425 e. The zero-order valence-electron chi connectivity index (χ0n) is 11.9. The van der Waals surface area contributed by atoms with E-state index in [4.69, 9.17) is 9.47 Å². The van der Waals surface area contributed by atoms with Gasteiger partial charge in [-0.1, -0.05) is 11.6 Å². The van der Waals surface area contributed by atoms with Gasteiger partial charge in [-0.05, 0) is 33.6 Å². The van der Waals surface area contributed by atoms with Gasteiger partial charge in [0.15, 0.2) is 5.78 Å². The first-order valence-electron chi connectivity index (χ1n) is 6.81. The number of aliphatic hydroxyl groups is 1. The first kappa shape index (κ1) is 13.5. The summed E-state index contributed by atoms with van der Waals surface area (Å²) in [5.41, 5.74) is 0.642. The Balaban J connectivity index is 2.08. The van der Waals surface area contributed by atoms with Gasteiger partial charge in [-0.25, -0.2) is 4.79 Å². The second-order valence-corrected chi connectivity index (χ2v) is 6.11. The van der Waals surface area contributed by atoms with E-state index in [9.17, 15) is 14.7 Å². The lowest BCUT2D eigenvalue weighted by Crippen LogP contribution is -2.38. The van der Waals surface area contributed by atoms with Gasteiger partial charge in [-0.3, -0.25) is 4.79 Å². The lowest BCUT2D eigenvalue weighted by molar-refractivity contribution is -0.181. The zero-order valence-corrected chi connectivity index (χ0v) is 11.9. The quantitative estimate of drug-likeness (QED) is 0.412. The highest BCUT2D eigenvalue weighted by Crippen LogP contribution is 2.47. The van der Waals surface area contributed by atoms with Crippen molar-refractivity contribution in [1.29, 1.82) is 0 Å². The third-order valence-electron chi connectivity index (χ3n) is 4.35. The van der Waals surface area contributed by atoms with Crippen LogP contribution in [0.1, 0.15) is 40.0 Å². The summed E-state index contributed by atoms with van der Waals surface area (Å²) >= 11 is 0. The first-order valence-corrected chi connectivity index (χ1v) is 6.81. The second kappa shape index (κ2) is 4.02. The smallest absolute Gasteiger partial charge is 0.337 e. The van der Waals surface area contributed by atoms with Crippen molar-refractivity contribution in [2.24, 2.45) is 0 Å². The van der Waals surface area contributed by atoms with Gasteiger partial charge in [0.1, 0.15) is 11.7 Å². The summed E-state index contributed by atoms with van der Waals surface area (Å²) in [6.07, 6.45) is 3.06. The van der Waals surface area contributed by atoms with Crippen molar-refractivity contribution in [2.45, 2.75) is 57.5 Å². The summed E-state index contributed by atoms with van der Waals surface area (Å²) in [5.74, 6) is -2.80. The third-order valence-corrected chi connectivity index (χ3v) is 4.35. The number of epoxide rings is 1. The maximum atomic E-state index is 12.6. The average Bonchev–Trinajstić information content (AvgIpc) is 2.93. The van der Waals surface area contributed by atoms with E-state index >= 15 is 0 Å². The normalized spacial score (nSPS) is 43.4. The Hall–Kier alpha value is -1.46. The summed E-state index contributed by atoms with van der Waals surface area (Å²) in [5, 5.41) is 10.6. The molecule has 3 rings (SSSR count). The monoisotopic (exact) mass is 278 g/mol. The Morgan fingerprint density at radius 1 is 1.35 bits per heavy atom. The summed E-state index contributed by atoms with van der Waals surface area (Å²) in [4.78, 5) is 24.3. The van der Waals surface area contributed by atoms with Crippen molar-refractivity contribution >= 4 is 11.8 Å². The number of ketones is 1. The zero-order chi connectivity index (χ0) is 14.7. The number of Topliss-reactive ketones (excluding diaryl/α,β-unsaturated/α-hetero) is 1.